The summed E-state index contributed by atoms with van der Waals surface area (Å²) in [5.41, 5.74) is 6.29. The third kappa shape index (κ3) is 2.71. The van der Waals surface area contributed by atoms with Gasteiger partial charge in [0.05, 0.1) is 10.6 Å². The Hall–Kier alpha value is -1.40. The maximum absolute atomic E-state index is 12.3. The molecule has 0 aliphatic carbocycles. The summed E-state index contributed by atoms with van der Waals surface area (Å²) in [6.07, 6.45) is 0. The first-order valence-electron chi connectivity index (χ1n) is 6.74. The molecule has 6 heteroatoms. The minimum absolute atomic E-state index is 0.0728. The van der Waals surface area contributed by atoms with Crippen molar-refractivity contribution < 1.29 is 4.79 Å². The Labute approximate surface area is 123 Å². The molecular formula is C14H22N4OS. The van der Waals surface area contributed by atoms with Gasteiger partial charge < -0.3 is 11.1 Å². The van der Waals surface area contributed by atoms with Crippen LogP contribution in [0.3, 0.4) is 0 Å². The Bertz CT molecular complexity index is 639. The number of nitrogens with zero attached hydrogens (tertiary/aromatic N) is 2. The van der Waals surface area contributed by atoms with Crippen molar-refractivity contribution in [2.24, 2.45) is 12.8 Å². The van der Waals surface area contributed by atoms with Gasteiger partial charge in [-0.3, -0.25) is 9.48 Å². The Morgan fingerprint density at radius 1 is 1.55 bits per heavy atom. The van der Waals surface area contributed by atoms with Gasteiger partial charge in [0, 0.05) is 24.5 Å². The highest BCUT2D eigenvalue weighted by Crippen LogP contribution is 2.31. The van der Waals surface area contributed by atoms with Gasteiger partial charge in [-0.15, -0.1) is 11.3 Å². The lowest BCUT2D eigenvalue weighted by atomic mass is 10.1. The van der Waals surface area contributed by atoms with Gasteiger partial charge in [-0.25, -0.2) is 0 Å². The molecule has 3 N–H and O–H groups in total. The molecule has 0 spiro atoms. The standard InChI is InChI=1S/C14H22N4OS/c1-8(2)11-9-6-10(20-13(9)18(5)17-11)12(19)16-14(3,4)7-15/h6,8H,7,15H2,1-5H3,(H,16,19). The summed E-state index contributed by atoms with van der Waals surface area (Å²) < 4.78 is 1.85. The highest BCUT2D eigenvalue weighted by Gasteiger charge is 2.23. The third-order valence-electron chi connectivity index (χ3n) is 3.27. The number of thiophene rings is 1. The van der Waals surface area contributed by atoms with E-state index in [4.69, 9.17) is 5.73 Å². The summed E-state index contributed by atoms with van der Waals surface area (Å²) in [5.74, 6) is 0.265. The fourth-order valence-corrected chi connectivity index (χ4v) is 3.00. The van der Waals surface area contributed by atoms with E-state index in [0.717, 1.165) is 15.9 Å². The van der Waals surface area contributed by atoms with Crippen molar-refractivity contribution in [3.63, 3.8) is 0 Å². The number of hydrogen-bond donors (Lipinski definition) is 2. The number of fused-ring (bicyclic) bond motifs is 1. The van der Waals surface area contributed by atoms with Crippen LogP contribution in [0.25, 0.3) is 10.2 Å². The molecule has 2 heterocycles. The minimum atomic E-state index is -0.396. The van der Waals surface area contributed by atoms with Gasteiger partial charge >= 0.3 is 0 Å². The van der Waals surface area contributed by atoms with E-state index in [-0.39, 0.29) is 5.91 Å². The number of rotatable bonds is 4. The molecule has 0 aromatic carbocycles. The number of nitrogens with two attached hydrogens (primary N) is 1. The smallest absolute Gasteiger partial charge is 0.261 e. The Morgan fingerprint density at radius 3 is 2.75 bits per heavy atom. The van der Waals surface area contributed by atoms with E-state index in [9.17, 15) is 4.79 Å². The maximum Gasteiger partial charge on any atom is 0.261 e. The van der Waals surface area contributed by atoms with Crippen LogP contribution in [0.2, 0.25) is 0 Å². The van der Waals surface area contributed by atoms with Crippen LogP contribution in [-0.2, 0) is 7.05 Å². The number of carbonyl (C=O) groups is 1. The number of amides is 1. The Kier molecular flexibility index (Phi) is 3.88. The summed E-state index contributed by atoms with van der Waals surface area (Å²) in [6.45, 7) is 8.45. The second kappa shape index (κ2) is 5.18. The molecule has 0 fully saturated rings. The van der Waals surface area contributed by atoms with E-state index in [1.807, 2.05) is 31.6 Å². The fourth-order valence-electron chi connectivity index (χ4n) is 2.02. The number of aromatic nitrogens is 2. The monoisotopic (exact) mass is 294 g/mol. The third-order valence-corrected chi connectivity index (χ3v) is 4.47. The molecule has 0 bridgehead atoms. The van der Waals surface area contributed by atoms with Crippen molar-refractivity contribution in [3.8, 4) is 0 Å². The lowest BCUT2D eigenvalue weighted by Crippen LogP contribution is -2.48. The summed E-state index contributed by atoms with van der Waals surface area (Å²) in [6, 6.07) is 1.93. The molecule has 110 valence electrons. The maximum atomic E-state index is 12.3. The number of carbonyl (C=O) groups excluding carboxylic acids is 1. The molecule has 0 radical (unpaired) electrons. The molecule has 0 aliphatic rings. The van der Waals surface area contributed by atoms with Gasteiger partial charge in [-0.2, -0.15) is 5.10 Å². The van der Waals surface area contributed by atoms with Gasteiger partial charge in [0.1, 0.15) is 4.83 Å². The first-order valence-corrected chi connectivity index (χ1v) is 7.56. The predicted molar refractivity (Wildman–Crippen MR) is 83.3 cm³/mol. The van der Waals surface area contributed by atoms with Gasteiger partial charge in [0.15, 0.2) is 0 Å². The van der Waals surface area contributed by atoms with Crippen LogP contribution in [0.15, 0.2) is 6.07 Å². The van der Waals surface area contributed by atoms with Crippen molar-refractivity contribution in [2.75, 3.05) is 6.54 Å². The van der Waals surface area contributed by atoms with E-state index < -0.39 is 5.54 Å². The summed E-state index contributed by atoms with van der Waals surface area (Å²) >= 11 is 1.47. The summed E-state index contributed by atoms with van der Waals surface area (Å²) in [5, 5.41) is 8.55. The molecular weight excluding hydrogens is 272 g/mol. The molecule has 2 rings (SSSR count). The normalized spacial score (nSPS) is 12.3. The molecule has 20 heavy (non-hydrogen) atoms. The van der Waals surface area contributed by atoms with Gasteiger partial charge in [0.25, 0.3) is 5.91 Å². The van der Waals surface area contributed by atoms with Crippen molar-refractivity contribution in [3.05, 3.63) is 16.6 Å². The number of hydrogen-bond acceptors (Lipinski definition) is 4. The second-order valence-corrected chi connectivity index (χ2v) is 7.07. The Balaban J connectivity index is 2.37. The lowest BCUT2D eigenvalue weighted by molar-refractivity contribution is 0.0920. The zero-order valence-corrected chi connectivity index (χ0v) is 13.5. The quantitative estimate of drug-likeness (QED) is 0.908. The van der Waals surface area contributed by atoms with Crippen LogP contribution >= 0.6 is 11.3 Å². The van der Waals surface area contributed by atoms with Crippen LogP contribution < -0.4 is 11.1 Å². The topological polar surface area (TPSA) is 72.9 Å². The highest BCUT2D eigenvalue weighted by molar-refractivity contribution is 7.20. The van der Waals surface area contributed by atoms with E-state index in [1.165, 1.54) is 11.3 Å². The molecule has 0 aliphatic heterocycles. The molecule has 1 amide bonds. The predicted octanol–water partition coefficient (Wildman–Crippen LogP) is 2.23. The average Bonchev–Trinajstić information content (AvgIpc) is 2.90. The van der Waals surface area contributed by atoms with E-state index in [0.29, 0.717) is 17.3 Å². The van der Waals surface area contributed by atoms with Crippen LogP contribution in [0.1, 0.15) is 49.0 Å². The fraction of sp³-hybridized carbons (Fsp3) is 0.571. The molecule has 0 saturated heterocycles. The lowest BCUT2D eigenvalue weighted by Gasteiger charge is -2.23. The van der Waals surface area contributed by atoms with Gasteiger partial charge in [-0.1, -0.05) is 13.8 Å². The zero-order valence-electron chi connectivity index (χ0n) is 12.7. The molecule has 0 saturated carbocycles. The summed E-state index contributed by atoms with van der Waals surface area (Å²) in [4.78, 5) is 14.0. The largest absolute Gasteiger partial charge is 0.345 e. The first-order chi connectivity index (χ1) is 9.25. The SMILES string of the molecule is CC(C)c1nn(C)c2sc(C(=O)NC(C)(C)CN)cc12. The van der Waals surface area contributed by atoms with Crippen molar-refractivity contribution in [1.82, 2.24) is 15.1 Å². The van der Waals surface area contributed by atoms with Crippen LogP contribution in [0.5, 0.6) is 0 Å². The first kappa shape index (κ1) is 15.0. The Morgan fingerprint density at radius 2 is 2.20 bits per heavy atom. The summed E-state index contributed by atoms with van der Waals surface area (Å²) in [7, 11) is 1.91. The van der Waals surface area contributed by atoms with Gasteiger partial charge in [-0.05, 0) is 25.8 Å². The van der Waals surface area contributed by atoms with E-state index in [1.54, 1.807) is 0 Å². The van der Waals surface area contributed by atoms with Gasteiger partial charge in [0.2, 0.25) is 0 Å². The molecule has 0 atom stereocenters. The van der Waals surface area contributed by atoms with Crippen LogP contribution in [0.4, 0.5) is 0 Å². The van der Waals surface area contributed by atoms with Crippen LogP contribution in [-0.4, -0.2) is 27.8 Å². The van der Waals surface area contributed by atoms with Crippen molar-refractivity contribution in [1.29, 1.82) is 0 Å². The highest BCUT2D eigenvalue weighted by atomic mass is 32.1. The molecule has 5 nitrogen and oxygen atoms in total. The molecule has 2 aromatic rings. The zero-order chi connectivity index (χ0) is 15.1. The van der Waals surface area contributed by atoms with E-state index in [2.05, 4.69) is 24.3 Å². The number of nitrogens with one attached hydrogen (secondary N) is 1. The van der Waals surface area contributed by atoms with Crippen molar-refractivity contribution >= 4 is 27.5 Å². The second-order valence-electron chi connectivity index (χ2n) is 6.04. The number of aryl methyl sites for hydroxylation is 1. The minimum Gasteiger partial charge on any atom is -0.345 e. The average molecular weight is 294 g/mol. The van der Waals surface area contributed by atoms with Crippen LogP contribution in [0, 0.1) is 0 Å². The van der Waals surface area contributed by atoms with E-state index >= 15 is 0 Å². The molecule has 2 aromatic heterocycles. The van der Waals surface area contributed by atoms with Crippen molar-refractivity contribution in [2.45, 2.75) is 39.2 Å². The molecule has 0 unspecified atom stereocenters.